The molecule has 5 nitrogen and oxygen atoms in total. The summed E-state index contributed by atoms with van der Waals surface area (Å²) in [6, 6.07) is 8.80. The number of carbonyl (C=O) groups excluding carboxylic acids is 2. The largest absolute Gasteiger partial charge is 0.465 e. The average Bonchev–Trinajstić information content (AvgIpc) is 2.51. The summed E-state index contributed by atoms with van der Waals surface area (Å²) in [7, 11) is 0. The second-order valence-electron chi connectivity index (χ2n) is 5.70. The zero-order chi connectivity index (χ0) is 17.2. The van der Waals surface area contributed by atoms with Crippen LogP contribution in [0.3, 0.4) is 0 Å². The summed E-state index contributed by atoms with van der Waals surface area (Å²) in [5.74, 6) is -0.707. The first-order valence-electron chi connectivity index (χ1n) is 8.11. The minimum atomic E-state index is -0.567. The van der Waals surface area contributed by atoms with Crippen LogP contribution in [0.5, 0.6) is 0 Å². The number of aryl methyl sites for hydroxylation is 1. The molecule has 0 saturated heterocycles. The van der Waals surface area contributed by atoms with E-state index in [1.807, 2.05) is 30.3 Å². The highest BCUT2D eigenvalue weighted by Gasteiger charge is 2.25. The van der Waals surface area contributed by atoms with Crippen LogP contribution in [0.2, 0.25) is 0 Å². The quantitative estimate of drug-likeness (QED) is 0.708. The van der Waals surface area contributed by atoms with Crippen molar-refractivity contribution >= 4 is 11.9 Å². The normalized spacial score (nSPS) is 13.4. The van der Waals surface area contributed by atoms with Crippen LogP contribution in [0.25, 0.3) is 0 Å². The summed E-state index contributed by atoms with van der Waals surface area (Å²) < 4.78 is 10.3. The van der Waals surface area contributed by atoms with Gasteiger partial charge in [-0.1, -0.05) is 30.3 Å². The lowest BCUT2D eigenvalue weighted by molar-refractivity contribution is -0.151. The van der Waals surface area contributed by atoms with Crippen LogP contribution in [-0.2, 0) is 25.5 Å². The van der Waals surface area contributed by atoms with Gasteiger partial charge in [-0.3, -0.25) is 14.9 Å². The van der Waals surface area contributed by atoms with Crippen molar-refractivity contribution in [2.45, 2.75) is 58.7 Å². The van der Waals surface area contributed by atoms with E-state index in [4.69, 9.17) is 9.47 Å². The molecule has 2 atom stereocenters. The van der Waals surface area contributed by atoms with Gasteiger partial charge in [0.05, 0.1) is 12.7 Å². The van der Waals surface area contributed by atoms with Crippen LogP contribution in [0.1, 0.15) is 39.7 Å². The topological polar surface area (TPSA) is 64.6 Å². The van der Waals surface area contributed by atoms with Gasteiger partial charge in [-0.15, -0.1) is 0 Å². The number of benzene rings is 1. The van der Waals surface area contributed by atoms with Crippen molar-refractivity contribution in [3.8, 4) is 0 Å². The molecule has 0 aliphatic carbocycles. The van der Waals surface area contributed by atoms with Crippen LogP contribution in [0.15, 0.2) is 30.3 Å². The third kappa shape index (κ3) is 7.28. The molecule has 0 radical (unpaired) electrons. The van der Waals surface area contributed by atoms with E-state index >= 15 is 0 Å². The number of esters is 2. The maximum Gasteiger partial charge on any atom is 0.323 e. The average molecular weight is 321 g/mol. The van der Waals surface area contributed by atoms with Gasteiger partial charge in [0, 0.05) is 0 Å². The molecule has 0 amide bonds. The fourth-order valence-electron chi connectivity index (χ4n) is 2.17. The van der Waals surface area contributed by atoms with Crippen LogP contribution >= 0.6 is 0 Å². The van der Waals surface area contributed by atoms with Gasteiger partial charge in [0.2, 0.25) is 0 Å². The van der Waals surface area contributed by atoms with Crippen LogP contribution in [0, 0.1) is 0 Å². The highest BCUT2D eigenvalue weighted by Crippen LogP contribution is 2.08. The molecule has 0 bridgehead atoms. The van der Waals surface area contributed by atoms with Gasteiger partial charge in [0.15, 0.2) is 0 Å². The summed E-state index contributed by atoms with van der Waals surface area (Å²) in [4.78, 5) is 24.0. The predicted molar refractivity (Wildman–Crippen MR) is 89.0 cm³/mol. The van der Waals surface area contributed by atoms with Crippen LogP contribution in [0.4, 0.5) is 0 Å². The number of rotatable bonds is 9. The number of nitrogens with one attached hydrogen (secondary N) is 1. The molecule has 0 spiro atoms. The molecule has 5 heteroatoms. The van der Waals surface area contributed by atoms with Gasteiger partial charge in [-0.25, -0.2) is 0 Å². The highest BCUT2D eigenvalue weighted by atomic mass is 16.5. The Balaban J connectivity index is 2.64. The van der Waals surface area contributed by atoms with Gasteiger partial charge in [0.25, 0.3) is 0 Å². The Hall–Kier alpha value is -1.88. The van der Waals surface area contributed by atoms with E-state index in [2.05, 4.69) is 5.32 Å². The van der Waals surface area contributed by atoms with Gasteiger partial charge < -0.3 is 9.47 Å². The molecule has 0 heterocycles. The number of hydrogen-bond donors (Lipinski definition) is 1. The van der Waals surface area contributed by atoms with Crippen LogP contribution < -0.4 is 5.32 Å². The summed E-state index contributed by atoms with van der Waals surface area (Å²) >= 11 is 0. The number of hydrogen-bond acceptors (Lipinski definition) is 5. The van der Waals surface area contributed by atoms with E-state index in [-0.39, 0.29) is 18.0 Å². The first-order chi connectivity index (χ1) is 10.9. The second-order valence-corrected chi connectivity index (χ2v) is 5.70. The molecule has 23 heavy (non-hydrogen) atoms. The molecular formula is C18H27NO4. The minimum Gasteiger partial charge on any atom is -0.465 e. The Morgan fingerprint density at radius 2 is 1.74 bits per heavy atom. The Bertz CT molecular complexity index is 487. The molecule has 0 aliphatic rings. The second kappa shape index (κ2) is 10.0. The highest BCUT2D eigenvalue weighted by molar-refractivity contribution is 5.79. The Morgan fingerprint density at radius 1 is 1.09 bits per heavy atom. The molecule has 1 aromatic carbocycles. The molecule has 0 fully saturated rings. The Morgan fingerprint density at radius 3 is 2.30 bits per heavy atom. The first-order valence-corrected chi connectivity index (χ1v) is 8.11. The summed E-state index contributed by atoms with van der Waals surface area (Å²) in [6.07, 6.45) is 1.10. The number of ether oxygens (including phenoxy) is 2. The van der Waals surface area contributed by atoms with Crippen molar-refractivity contribution in [2.75, 3.05) is 6.61 Å². The lowest BCUT2D eigenvalue weighted by Gasteiger charge is -2.22. The van der Waals surface area contributed by atoms with E-state index in [9.17, 15) is 9.59 Å². The molecule has 1 aromatic rings. The van der Waals surface area contributed by atoms with Crippen molar-refractivity contribution < 1.29 is 19.1 Å². The predicted octanol–water partition coefficient (Wildman–Crippen LogP) is 2.48. The Kier molecular flexibility index (Phi) is 8.33. The van der Waals surface area contributed by atoms with E-state index in [0.29, 0.717) is 13.0 Å². The lowest BCUT2D eigenvalue weighted by atomic mass is 10.0. The molecular weight excluding hydrogens is 294 g/mol. The van der Waals surface area contributed by atoms with Gasteiger partial charge in [-0.2, -0.15) is 0 Å². The fraction of sp³-hybridized carbons (Fsp3) is 0.556. The zero-order valence-electron chi connectivity index (χ0n) is 14.4. The van der Waals surface area contributed by atoms with Crippen molar-refractivity contribution in [3.05, 3.63) is 35.9 Å². The molecule has 0 saturated carbocycles. The third-order valence-electron chi connectivity index (χ3n) is 3.29. The van der Waals surface area contributed by atoms with Gasteiger partial charge in [0.1, 0.15) is 12.1 Å². The van der Waals surface area contributed by atoms with Crippen molar-refractivity contribution in [3.63, 3.8) is 0 Å². The van der Waals surface area contributed by atoms with Gasteiger partial charge >= 0.3 is 11.9 Å². The molecule has 0 aliphatic heterocycles. The lowest BCUT2D eigenvalue weighted by Crippen LogP contribution is -2.47. The minimum absolute atomic E-state index is 0.183. The third-order valence-corrected chi connectivity index (χ3v) is 3.29. The number of carbonyl (C=O) groups is 2. The standard InChI is InChI=1S/C18H27NO4/c1-5-22-18(21)16(12-11-15-9-7-6-8-10-15)19-14(4)17(20)23-13(2)3/h6-10,13-14,16,19H,5,11-12H2,1-4H3/t14-,16+/m0/s1. The first kappa shape index (κ1) is 19.2. The molecule has 0 unspecified atom stereocenters. The van der Waals surface area contributed by atoms with Gasteiger partial charge in [-0.05, 0) is 46.1 Å². The molecule has 1 rings (SSSR count). The van der Waals surface area contributed by atoms with Crippen LogP contribution in [-0.4, -0.2) is 36.7 Å². The van der Waals surface area contributed by atoms with E-state index in [0.717, 1.165) is 12.0 Å². The summed E-state index contributed by atoms with van der Waals surface area (Å²) in [5, 5.41) is 3.03. The zero-order valence-corrected chi connectivity index (χ0v) is 14.4. The Labute approximate surface area is 138 Å². The van der Waals surface area contributed by atoms with Crippen molar-refractivity contribution in [1.29, 1.82) is 0 Å². The molecule has 1 N–H and O–H groups in total. The smallest absolute Gasteiger partial charge is 0.323 e. The molecule has 128 valence electrons. The summed E-state index contributed by atoms with van der Waals surface area (Å²) in [5.41, 5.74) is 1.14. The maximum absolute atomic E-state index is 12.1. The van der Waals surface area contributed by atoms with E-state index in [1.165, 1.54) is 0 Å². The van der Waals surface area contributed by atoms with E-state index < -0.39 is 12.1 Å². The molecule has 0 aromatic heterocycles. The van der Waals surface area contributed by atoms with Crippen molar-refractivity contribution in [1.82, 2.24) is 5.32 Å². The summed E-state index contributed by atoms with van der Waals surface area (Å²) in [6.45, 7) is 7.36. The van der Waals surface area contributed by atoms with Crippen molar-refractivity contribution in [2.24, 2.45) is 0 Å². The monoisotopic (exact) mass is 321 g/mol. The SMILES string of the molecule is CCOC(=O)[C@@H](CCc1ccccc1)N[C@@H](C)C(=O)OC(C)C. The fourth-order valence-corrected chi connectivity index (χ4v) is 2.17. The van der Waals surface area contributed by atoms with E-state index in [1.54, 1.807) is 27.7 Å². The maximum atomic E-state index is 12.1.